The van der Waals surface area contributed by atoms with Crippen LogP contribution in [0.3, 0.4) is 0 Å². The summed E-state index contributed by atoms with van der Waals surface area (Å²) in [5, 5.41) is 0. The number of hydrogen-bond acceptors (Lipinski definition) is 1. The molecule has 25 heavy (non-hydrogen) atoms. The second kappa shape index (κ2) is 9.94. The van der Waals surface area contributed by atoms with Crippen LogP contribution < -0.4 is 0 Å². The minimum absolute atomic E-state index is 0.256. The lowest BCUT2D eigenvalue weighted by molar-refractivity contribution is -0.126. The molecule has 2 fully saturated rings. The van der Waals surface area contributed by atoms with Gasteiger partial charge in [-0.2, -0.15) is 0 Å². The molecule has 2 unspecified atom stereocenters. The molecule has 0 saturated heterocycles. The van der Waals surface area contributed by atoms with Crippen LogP contribution in [0.2, 0.25) is 0 Å². The molecule has 2 saturated carbocycles. The lowest BCUT2D eigenvalue weighted by Crippen LogP contribution is -2.29. The van der Waals surface area contributed by atoms with E-state index < -0.39 is 0 Å². The van der Waals surface area contributed by atoms with Crippen molar-refractivity contribution in [2.24, 2.45) is 17.8 Å². The van der Waals surface area contributed by atoms with E-state index in [1.165, 1.54) is 69.8 Å². The van der Waals surface area contributed by atoms with Gasteiger partial charge in [0.25, 0.3) is 0 Å². The van der Waals surface area contributed by atoms with E-state index in [-0.39, 0.29) is 5.92 Å². The monoisotopic (exact) mass is 338 g/mol. The molecule has 0 bridgehead atoms. The summed E-state index contributed by atoms with van der Waals surface area (Å²) in [5.74, 6) is 1.90. The number of rotatable bonds is 4. The van der Waals surface area contributed by atoms with Crippen molar-refractivity contribution in [1.29, 1.82) is 0 Å². The molecule has 1 nitrogen and oxygen atoms in total. The van der Waals surface area contributed by atoms with Crippen molar-refractivity contribution < 1.29 is 4.79 Å². The first-order valence-electron chi connectivity index (χ1n) is 10.6. The number of carbonyl (C=O) groups excluding carboxylic acids is 1. The zero-order valence-electron chi connectivity index (χ0n) is 15.7. The summed E-state index contributed by atoms with van der Waals surface area (Å²) in [6, 6.07) is 0. The SMILES string of the molecule is O=C(CC1CCCCCCC1)C1CCCCC1C1=CC=CC=CC=C1. The predicted molar refractivity (Wildman–Crippen MR) is 106 cm³/mol. The average Bonchev–Trinajstić information content (AvgIpc) is 2.57. The third-order valence-electron chi connectivity index (χ3n) is 6.34. The fourth-order valence-corrected chi connectivity index (χ4v) is 4.92. The Kier molecular flexibility index (Phi) is 7.33. The Morgan fingerprint density at radius 3 is 2.24 bits per heavy atom. The summed E-state index contributed by atoms with van der Waals surface area (Å²) in [6.07, 6.45) is 29.9. The molecule has 136 valence electrons. The zero-order valence-corrected chi connectivity index (χ0v) is 15.7. The van der Waals surface area contributed by atoms with Gasteiger partial charge in [-0.15, -0.1) is 0 Å². The highest BCUT2D eigenvalue weighted by atomic mass is 16.1. The van der Waals surface area contributed by atoms with Gasteiger partial charge in [0.15, 0.2) is 0 Å². The van der Waals surface area contributed by atoms with Crippen LogP contribution in [-0.2, 0) is 4.79 Å². The summed E-state index contributed by atoms with van der Waals surface area (Å²) < 4.78 is 0. The Labute approximate surface area is 154 Å². The quantitative estimate of drug-likeness (QED) is 0.556. The molecule has 0 amide bonds. The normalized spacial score (nSPS) is 28.6. The molecule has 1 heteroatoms. The van der Waals surface area contributed by atoms with E-state index in [9.17, 15) is 4.79 Å². The molecule has 2 atom stereocenters. The molecule has 0 spiro atoms. The Hall–Kier alpha value is -1.37. The van der Waals surface area contributed by atoms with Crippen molar-refractivity contribution in [3.8, 4) is 0 Å². The minimum Gasteiger partial charge on any atom is -0.299 e. The predicted octanol–water partition coefficient (Wildman–Crippen LogP) is 6.72. The van der Waals surface area contributed by atoms with E-state index >= 15 is 0 Å². The number of hydrogen-bond donors (Lipinski definition) is 0. The van der Waals surface area contributed by atoms with Crippen LogP contribution in [0, 0.1) is 17.8 Å². The molecular formula is C24H34O. The Morgan fingerprint density at radius 1 is 0.760 bits per heavy atom. The van der Waals surface area contributed by atoms with Crippen LogP contribution in [0.1, 0.15) is 77.0 Å². The molecule has 0 aromatic heterocycles. The highest BCUT2D eigenvalue weighted by Crippen LogP contribution is 2.38. The third kappa shape index (κ3) is 5.56. The summed E-state index contributed by atoms with van der Waals surface area (Å²) in [6.45, 7) is 0. The Morgan fingerprint density at radius 2 is 1.40 bits per heavy atom. The fraction of sp³-hybridized carbons (Fsp3) is 0.625. The van der Waals surface area contributed by atoms with Crippen molar-refractivity contribution in [2.45, 2.75) is 77.0 Å². The number of Topliss-reactive ketones (excluding diaryl/α,β-unsaturated/α-hetero) is 1. The van der Waals surface area contributed by atoms with Crippen molar-refractivity contribution in [2.75, 3.05) is 0 Å². The van der Waals surface area contributed by atoms with Crippen LogP contribution in [0.5, 0.6) is 0 Å². The first kappa shape index (κ1) is 18.4. The van der Waals surface area contributed by atoms with Crippen LogP contribution in [0.25, 0.3) is 0 Å². The lowest BCUT2D eigenvalue weighted by Gasteiger charge is -2.33. The molecule has 3 aliphatic carbocycles. The Balaban J connectivity index is 1.66. The number of ketones is 1. The molecular weight excluding hydrogens is 304 g/mol. The smallest absolute Gasteiger partial charge is 0.136 e. The topological polar surface area (TPSA) is 17.1 Å². The van der Waals surface area contributed by atoms with Gasteiger partial charge in [-0.25, -0.2) is 0 Å². The van der Waals surface area contributed by atoms with Gasteiger partial charge in [-0.1, -0.05) is 100 Å². The molecule has 3 aliphatic rings. The summed E-state index contributed by atoms with van der Waals surface area (Å²) >= 11 is 0. The van der Waals surface area contributed by atoms with Crippen molar-refractivity contribution in [3.05, 3.63) is 48.1 Å². The molecule has 0 heterocycles. The van der Waals surface area contributed by atoms with E-state index in [1.54, 1.807) is 0 Å². The molecule has 0 aromatic rings. The lowest BCUT2D eigenvalue weighted by atomic mass is 9.71. The Bertz CT molecular complexity index is 540. The molecule has 0 aromatic carbocycles. The van der Waals surface area contributed by atoms with Crippen LogP contribution >= 0.6 is 0 Å². The van der Waals surface area contributed by atoms with Gasteiger partial charge in [0.1, 0.15) is 5.78 Å². The van der Waals surface area contributed by atoms with Gasteiger partial charge in [-0.05, 0) is 30.3 Å². The van der Waals surface area contributed by atoms with Crippen LogP contribution in [-0.4, -0.2) is 5.78 Å². The van der Waals surface area contributed by atoms with Crippen LogP contribution in [0.4, 0.5) is 0 Å². The van der Waals surface area contributed by atoms with Crippen molar-refractivity contribution in [3.63, 3.8) is 0 Å². The number of carbonyl (C=O) groups is 1. The maximum absolute atomic E-state index is 13.2. The average molecular weight is 339 g/mol. The molecule has 3 rings (SSSR count). The van der Waals surface area contributed by atoms with Gasteiger partial charge in [0.2, 0.25) is 0 Å². The highest BCUT2D eigenvalue weighted by molar-refractivity contribution is 5.82. The highest BCUT2D eigenvalue weighted by Gasteiger charge is 2.33. The summed E-state index contributed by atoms with van der Waals surface area (Å²) in [5.41, 5.74) is 1.36. The first-order chi connectivity index (χ1) is 12.3. The van der Waals surface area contributed by atoms with Crippen molar-refractivity contribution in [1.82, 2.24) is 0 Å². The van der Waals surface area contributed by atoms with Gasteiger partial charge in [0.05, 0.1) is 0 Å². The van der Waals surface area contributed by atoms with E-state index in [2.05, 4.69) is 42.5 Å². The second-order valence-corrected chi connectivity index (χ2v) is 8.17. The molecule has 0 radical (unpaired) electrons. The second-order valence-electron chi connectivity index (χ2n) is 8.17. The maximum atomic E-state index is 13.2. The summed E-state index contributed by atoms with van der Waals surface area (Å²) in [7, 11) is 0. The van der Waals surface area contributed by atoms with Gasteiger partial charge in [-0.3, -0.25) is 4.79 Å². The standard InChI is InChI=1S/C24H34O/c25-24(19-20-13-7-3-1-4-8-14-20)23-18-12-11-17-22(23)21-15-9-5-2-6-10-16-21/h2,5-6,9-10,15-16,20,22-23H,1,3-4,7-8,11-14,17-19H2. The first-order valence-corrected chi connectivity index (χ1v) is 10.6. The molecule has 0 N–H and O–H groups in total. The van der Waals surface area contributed by atoms with Crippen molar-refractivity contribution >= 4 is 5.78 Å². The van der Waals surface area contributed by atoms with Crippen LogP contribution in [0.15, 0.2) is 48.1 Å². The van der Waals surface area contributed by atoms with Gasteiger partial charge < -0.3 is 0 Å². The largest absolute Gasteiger partial charge is 0.299 e. The minimum atomic E-state index is 0.256. The molecule has 0 aliphatic heterocycles. The summed E-state index contributed by atoms with van der Waals surface area (Å²) in [4.78, 5) is 13.2. The maximum Gasteiger partial charge on any atom is 0.136 e. The zero-order chi connectivity index (χ0) is 17.3. The van der Waals surface area contributed by atoms with E-state index in [4.69, 9.17) is 0 Å². The van der Waals surface area contributed by atoms with Gasteiger partial charge >= 0.3 is 0 Å². The third-order valence-corrected chi connectivity index (χ3v) is 6.34. The fourth-order valence-electron chi connectivity index (χ4n) is 4.92. The van der Waals surface area contributed by atoms with Gasteiger partial charge in [0, 0.05) is 12.3 Å². The van der Waals surface area contributed by atoms with E-state index in [0.717, 1.165) is 12.8 Å². The van der Waals surface area contributed by atoms with E-state index in [1.807, 2.05) is 0 Å². The van der Waals surface area contributed by atoms with E-state index in [0.29, 0.717) is 17.6 Å². The number of allylic oxidation sites excluding steroid dienone is 8.